The summed E-state index contributed by atoms with van der Waals surface area (Å²) in [6.45, 7) is 4.34. The molecule has 0 fully saturated rings. The van der Waals surface area contributed by atoms with E-state index in [1.54, 1.807) is 0 Å². The average molecular weight is 255 g/mol. The highest BCUT2D eigenvalue weighted by molar-refractivity contribution is 7.79. The van der Waals surface area contributed by atoms with Crippen molar-refractivity contribution in [2.24, 2.45) is 0 Å². The summed E-state index contributed by atoms with van der Waals surface area (Å²) >= 11 is 0. The van der Waals surface area contributed by atoms with Crippen LogP contribution in [0.2, 0.25) is 0 Å². The molecule has 0 aromatic heterocycles. The van der Waals surface area contributed by atoms with Crippen molar-refractivity contribution in [3.8, 4) is 0 Å². The second-order valence-corrected chi connectivity index (χ2v) is 4.16. The van der Waals surface area contributed by atoms with Crippen LogP contribution >= 0.6 is 0 Å². The Labute approximate surface area is 95.0 Å². The monoisotopic (exact) mass is 255 g/mol. The fourth-order valence-corrected chi connectivity index (χ4v) is 0.716. The highest BCUT2D eigenvalue weighted by atomic mass is 32.3. The number of carbonyl (C=O) groups is 1. The standard InChI is InChI=1S/C8H15NO2.H2O4S/c1-7(8(10)11)5-4-6-9(2)3;1-5(2,3)4/h1,4-6H2,2-3H3,(H,10,11);(H2,1,2,3,4). The minimum atomic E-state index is -4.67. The number of hydrogen-bond acceptors (Lipinski definition) is 4. The lowest BCUT2D eigenvalue weighted by atomic mass is 10.1. The molecular formula is C8H17NO6S. The smallest absolute Gasteiger partial charge is 0.394 e. The van der Waals surface area contributed by atoms with E-state index >= 15 is 0 Å². The minimum absolute atomic E-state index is 0.298. The maximum Gasteiger partial charge on any atom is 0.394 e. The number of hydrogen-bond donors (Lipinski definition) is 3. The summed E-state index contributed by atoms with van der Waals surface area (Å²) in [5.74, 6) is -0.885. The van der Waals surface area contributed by atoms with Crippen LogP contribution < -0.4 is 0 Å². The van der Waals surface area contributed by atoms with Crippen molar-refractivity contribution in [1.29, 1.82) is 0 Å². The summed E-state index contributed by atoms with van der Waals surface area (Å²) in [6, 6.07) is 0. The Kier molecular flexibility index (Phi) is 8.96. The van der Waals surface area contributed by atoms with E-state index < -0.39 is 16.4 Å². The number of carboxylic acids is 1. The number of rotatable bonds is 5. The first-order valence-corrected chi connectivity index (χ1v) is 5.69. The summed E-state index contributed by atoms with van der Waals surface area (Å²) in [6.07, 6.45) is 1.44. The molecule has 8 heteroatoms. The maximum atomic E-state index is 10.3. The van der Waals surface area contributed by atoms with Gasteiger partial charge < -0.3 is 10.0 Å². The van der Waals surface area contributed by atoms with Crippen LogP contribution in [0.3, 0.4) is 0 Å². The van der Waals surface area contributed by atoms with Crippen molar-refractivity contribution >= 4 is 16.4 Å². The summed E-state index contributed by atoms with van der Waals surface area (Å²) < 4.78 is 31.6. The lowest BCUT2D eigenvalue weighted by Gasteiger charge is -2.08. The lowest BCUT2D eigenvalue weighted by molar-refractivity contribution is -0.132. The van der Waals surface area contributed by atoms with Crippen LogP contribution in [0.1, 0.15) is 12.8 Å². The van der Waals surface area contributed by atoms with Crippen LogP contribution in [-0.2, 0) is 15.2 Å². The van der Waals surface area contributed by atoms with E-state index in [-0.39, 0.29) is 0 Å². The van der Waals surface area contributed by atoms with Crippen LogP contribution in [0, 0.1) is 0 Å². The molecule has 3 N–H and O–H groups in total. The molecule has 0 saturated heterocycles. The van der Waals surface area contributed by atoms with Crippen LogP contribution in [0.25, 0.3) is 0 Å². The second kappa shape index (κ2) is 8.22. The molecule has 0 bridgehead atoms. The van der Waals surface area contributed by atoms with Gasteiger partial charge >= 0.3 is 16.4 Å². The molecule has 0 heterocycles. The van der Waals surface area contributed by atoms with Gasteiger partial charge in [0.15, 0.2) is 0 Å². The van der Waals surface area contributed by atoms with E-state index in [2.05, 4.69) is 6.58 Å². The Hall–Kier alpha value is -0.960. The van der Waals surface area contributed by atoms with Gasteiger partial charge in [0.25, 0.3) is 0 Å². The van der Waals surface area contributed by atoms with Crippen molar-refractivity contribution in [2.75, 3.05) is 20.6 Å². The SMILES string of the molecule is C=C(CCCN(C)C)C(=O)O.O=S(=O)(O)O. The highest BCUT2D eigenvalue weighted by Gasteiger charge is 2.02. The molecule has 0 aliphatic rings. The highest BCUT2D eigenvalue weighted by Crippen LogP contribution is 2.01. The van der Waals surface area contributed by atoms with Gasteiger partial charge in [-0.2, -0.15) is 8.42 Å². The van der Waals surface area contributed by atoms with Gasteiger partial charge in [-0.1, -0.05) is 6.58 Å². The fraction of sp³-hybridized carbons (Fsp3) is 0.625. The van der Waals surface area contributed by atoms with Gasteiger partial charge in [0.05, 0.1) is 0 Å². The van der Waals surface area contributed by atoms with Gasteiger partial charge in [-0.05, 0) is 33.5 Å². The molecule has 0 radical (unpaired) electrons. The van der Waals surface area contributed by atoms with Crippen molar-refractivity contribution in [1.82, 2.24) is 4.90 Å². The zero-order valence-electron chi connectivity index (χ0n) is 9.25. The molecule has 0 aromatic rings. The molecule has 0 saturated carbocycles. The summed E-state index contributed by atoms with van der Waals surface area (Å²) in [7, 11) is -0.743. The molecule has 0 aliphatic carbocycles. The molecule has 0 unspecified atom stereocenters. The molecule has 0 rings (SSSR count). The predicted molar refractivity (Wildman–Crippen MR) is 58.7 cm³/mol. The van der Waals surface area contributed by atoms with Crippen LogP contribution in [0.4, 0.5) is 0 Å². The average Bonchev–Trinajstić information content (AvgIpc) is 1.99. The lowest BCUT2D eigenvalue weighted by Crippen LogP contribution is -2.13. The third kappa shape index (κ3) is 23.1. The zero-order valence-corrected chi connectivity index (χ0v) is 10.1. The zero-order chi connectivity index (χ0) is 13.4. The molecular weight excluding hydrogens is 238 g/mol. The van der Waals surface area contributed by atoms with Gasteiger partial charge in [0.2, 0.25) is 0 Å². The quantitative estimate of drug-likeness (QED) is 0.478. The molecule has 0 aliphatic heterocycles. The van der Waals surface area contributed by atoms with E-state index in [1.165, 1.54) is 0 Å². The Morgan fingerprint density at radius 2 is 1.69 bits per heavy atom. The first kappa shape index (κ1) is 17.4. The first-order chi connectivity index (χ1) is 7.04. The Morgan fingerprint density at radius 3 is 1.94 bits per heavy atom. The van der Waals surface area contributed by atoms with Crippen LogP contribution in [0.15, 0.2) is 12.2 Å². The molecule has 7 nitrogen and oxygen atoms in total. The largest absolute Gasteiger partial charge is 0.478 e. The van der Waals surface area contributed by atoms with Gasteiger partial charge in [-0.3, -0.25) is 9.11 Å². The number of aliphatic carboxylic acids is 1. The first-order valence-electron chi connectivity index (χ1n) is 4.29. The van der Waals surface area contributed by atoms with E-state index in [0.29, 0.717) is 12.0 Å². The van der Waals surface area contributed by atoms with E-state index in [9.17, 15) is 4.79 Å². The maximum absolute atomic E-state index is 10.3. The van der Waals surface area contributed by atoms with Gasteiger partial charge in [0.1, 0.15) is 0 Å². The molecule has 96 valence electrons. The summed E-state index contributed by atoms with van der Waals surface area (Å²) in [5, 5.41) is 8.43. The fourth-order valence-electron chi connectivity index (χ4n) is 0.716. The second-order valence-electron chi connectivity index (χ2n) is 3.26. The number of carboxylic acid groups (broad SMARTS) is 1. The predicted octanol–water partition coefficient (Wildman–Crippen LogP) is 0.316. The van der Waals surface area contributed by atoms with Crippen molar-refractivity contribution in [3.05, 3.63) is 12.2 Å². The van der Waals surface area contributed by atoms with E-state index in [4.69, 9.17) is 22.6 Å². The molecule has 16 heavy (non-hydrogen) atoms. The molecule has 0 spiro atoms. The van der Waals surface area contributed by atoms with E-state index in [1.807, 2.05) is 19.0 Å². The Bertz CT molecular complexity index is 313. The number of nitrogens with zero attached hydrogens (tertiary/aromatic N) is 1. The van der Waals surface area contributed by atoms with Crippen LogP contribution in [0.5, 0.6) is 0 Å². The molecule has 0 aromatic carbocycles. The van der Waals surface area contributed by atoms with E-state index in [0.717, 1.165) is 13.0 Å². The Balaban J connectivity index is 0. The minimum Gasteiger partial charge on any atom is -0.478 e. The molecule has 0 atom stereocenters. The topological polar surface area (TPSA) is 115 Å². The van der Waals surface area contributed by atoms with Crippen LogP contribution in [-0.4, -0.2) is 54.1 Å². The van der Waals surface area contributed by atoms with Gasteiger partial charge in [0, 0.05) is 5.57 Å². The normalized spacial score (nSPS) is 10.6. The third-order valence-corrected chi connectivity index (χ3v) is 1.39. The molecule has 0 amide bonds. The summed E-state index contributed by atoms with van der Waals surface area (Å²) in [5.41, 5.74) is 0.298. The summed E-state index contributed by atoms with van der Waals surface area (Å²) in [4.78, 5) is 12.3. The Morgan fingerprint density at radius 1 is 1.31 bits per heavy atom. The van der Waals surface area contributed by atoms with Crippen molar-refractivity contribution in [2.45, 2.75) is 12.8 Å². The van der Waals surface area contributed by atoms with Crippen molar-refractivity contribution in [3.63, 3.8) is 0 Å². The van der Waals surface area contributed by atoms with Crippen molar-refractivity contribution < 1.29 is 27.4 Å². The third-order valence-electron chi connectivity index (χ3n) is 1.39. The van der Waals surface area contributed by atoms with Gasteiger partial charge in [-0.25, -0.2) is 4.79 Å². The van der Waals surface area contributed by atoms with Gasteiger partial charge in [-0.15, -0.1) is 0 Å².